The zero-order valence-corrected chi connectivity index (χ0v) is 12.5. The van der Waals surface area contributed by atoms with Crippen molar-refractivity contribution in [2.75, 3.05) is 0 Å². The van der Waals surface area contributed by atoms with Crippen molar-refractivity contribution in [2.45, 2.75) is 20.3 Å². The molecule has 1 heterocycles. The molecule has 0 unspecified atom stereocenters. The number of rotatable bonds is 3. The zero-order chi connectivity index (χ0) is 14.2. The van der Waals surface area contributed by atoms with Crippen LogP contribution in [-0.4, -0.2) is 15.6 Å². The zero-order valence-electron chi connectivity index (χ0n) is 11.0. The van der Waals surface area contributed by atoms with Gasteiger partial charge in [-0.2, -0.15) is 5.10 Å². The largest absolute Gasteiger partial charge is 0.294 e. The van der Waals surface area contributed by atoms with Crippen LogP contribution in [0.3, 0.4) is 0 Å². The number of aromatic nitrogens is 2. The molecule has 3 nitrogen and oxygen atoms in total. The highest BCUT2D eigenvalue weighted by atomic mass is 35.5. The van der Waals surface area contributed by atoms with Crippen LogP contribution < -0.4 is 0 Å². The Kier molecular flexibility index (Phi) is 3.97. The molecule has 0 saturated carbocycles. The van der Waals surface area contributed by atoms with Crippen LogP contribution in [0.15, 0.2) is 18.2 Å². The molecule has 0 N–H and O–H groups in total. The molecule has 5 heteroatoms. The van der Waals surface area contributed by atoms with E-state index in [1.807, 2.05) is 20.9 Å². The topological polar surface area (TPSA) is 34.9 Å². The summed E-state index contributed by atoms with van der Waals surface area (Å²) < 4.78 is 1.78. The van der Waals surface area contributed by atoms with Gasteiger partial charge in [0.2, 0.25) is 0 Å². The molecule has 0 fully saturated rings. The molecule has 1 aromatic carbocycles. The minimum Gasteiger partial charge on any atom is -0.294 e. The van der Waals surface area contributed by atoms with Gasteiger partial charge < -0.3 is 0 Å². The highest BCUT2D eigenvalue weighted by Gasteiger charge is 2.15. The van der Waals surface area contributed by atoms with E-state index in [0.717, 1.165) is 17.0 Å². The number of carbonyl (C=O) groups is 1. The third-order valence-corrected chi connectivity index (χ3v) is 3.98. The highest BCUT2D eigenvalue weighted by molar-refractivity contribution is 6.42. The van der Waals surface area contributed by atoms with E-state index in [1.54, 1.807) is 22.9 Å². The number of Topliss-reactive ketones (excluding diaryl/α,β-unsaturated/α-hetero) is 1. The van der Waals surface area contributed by atoms with Crippen LogP contribution in [0.2, 0.25) is 10.0 Å². The Labute approximate surface area is 122 Å². The van der Waals surface area contributed by atoms with Gasteiger partial charge in [-0.25, -0.2) is 0 Å². The maximum atomic E-state index is 12.3. The predicted octanol–water partition coefficient (Wildman–Crippen LogP) is 3.77. The average Bonchev–Trinajstić information content (AvgIpc) is 2.59. The summed E-state index contributed by atoms with van der Waals surface area (Å²) in [6.07, 6.45) is 0.323. The van der Waals surface area contributed by atoms with Gasteiger partial charge in [0.1, 0.15) is 0 Å². The number of aryl methyl sites for hydroxylation is 2. The maximum absolute atomic E-state index is 12.3. The Bertz CT molecular complexity index is 647. The molecule has 0 atom stereocenters. The van der Waals surface area contributed by atoms with Crippen LogP contribution in [0.1, 0.15) is 27.3 Å². The van der Waals surface area contributed by atoms with Crippen LogP contribution in [0.4, 0.5) is 0 Å². The number of hydrogen-bond donors (Lipinski definition) is 0. The molecular weight excluding hydrogens is 283 g/mol. The number of carbonyl (C=O) groups excluding carboxylic acids is 1. The van der Waals surface area contributed by atoms with Gasteiger partial charge in [-0.1, -0.05) is 23.2 Å². The molecule has 1 aromatic heterocycles. The van der Waals surface area contributed by atoms with Crippen LogP contribution >= 0.6 is 23.2 Å². The molecule has 0 saturated heterocycles. The van der Waals surface area contributed by atoms with Crippen molar-refractivity contribution in [1.82, 2.24) is 9.78 Å². The molecule has 0 aliphatic rings. The predicted molar refractivity (Wildman–Crippen MR) is 77.2 cm³/mol. The van der Waals surface area contributed by atoms with E-state index in [4.69, 9.17) is 23.2 Å². The van der Waals surface area contributed by atoms with Crippen LogP contribution in [0, 0.1) is 13.8 Å². The normalized spacial score (nSPS) is 10.8. The van der Waals surface area contributed by atoms with E-state index in [-0.39, 0.29) is 5.78 Å². The monoisotopic (exact) mass is 296 g/mol. The second-order valence-electron chi connectivity index (χ2n) is 4.50. The van der Waals surface area contributed by atoms with Crippen LogP contribution in [0.25, 0.3) is 0 Å². The maximum Gasteiger partial charge on any atom is 0.167 e. The minimum absolute atomic E-state index is 0.0118. The van der Waals surface area contributed by atoms with Gasteiger partial charge in [0.05, 0.1) is 15.7 Å². The second kappa shape index (κ2) is 5.35. The third kappa shape index (κ3) is 2.82. The molecule has 0 bridgehead atoms. The summed E-state index contributed by atoms with van der Waals surface area (Å²) in [6.45, 7) is 3.86. The van der Waals surface area contributed by atoms with E-state index >= 15 is 0 Å². The Morgan fingerprint density at radius 3 is 2.47 bits per heavy atom. The lowest BCUT2D eigenvalue weighted by Gasteiger charge is -2.04. The second-order valence-corrected chi connectivity index (χ2v) is 5.32. The summed E-state index contributed by atoms with van der Waals surface area (Å²) in [4.78, 5) is 12.3. The Morgan fingerprint density at radius 2 is 1.95 bits per heavy atom. The molecule has 2 rings (SSSR count). The first-order valence-electron chi connectivity index (χ1n) is 5.87. The first kappa shape index (κ1) is 14.1. The standard InChI is InChI=1S/C14H14Cl2N2O/c1-8-11(9(2)18(3)17-8)7-14(19)10-4-5-12(15)13(16)6-10/h4-6H,7H2,1-3H3. The number of nitrogens with zero attached hydrogens (tertiary/aromatic N) is 2. The summed E-state index contributed by atoms with van der Waals surface area (Å²) in [5.74, 6) is 0.0118. The molecular formula is C14H14Cl2N2O. The van der Waals surface area contributed by atoms with Crippen molar-refractivity contribution in [2.24, 2.45) is 7.05 Å². The van der Waals surface area contributed by atoms with Crippen molar-refractivity contribution in [3.63, 3.8) is 0 Å². The first-order chi connectivity index (χ1) is 8.90. The minimum atomic E-state index is 0.0118. The van der Waals surface area contributed by atoms with Crippen molar-refractivity contribution < 1.29 is 4.79 Å². The smallest absolute Gasteiger partial charge is 0.167 e. The lowest BCUT2D eigenvalue weighted by atomic mass is 10.0. The molecule has 0 spiro atoms. The Balaban J connectivity index is 2.28. The van der Waals surface area contributed by atoms with Crippen molar-refractivity contribution in [1.29, 1.82) is 0 Å². The van der Waals surface area contributed by atoms with Gasteiger partial charge in [0, 0.05) is 30.3 Å². The quantitative estimate of drug-likeness (QED) is 0.808. The molecule has 0 aliphatic carbocycles. The molecule has 19 heavy (non-hydrogen) atoms. The van der Waals surface area contributed by atoms with E-state index < -0.39 is 0 Å². The molecule has 100 valence electrons. The van der Waals surface area contributed by atoms with Gasteiger partial charge >= 0.3 is 0 Å². The summed E-state index contributed by atoms with van der Waals surface area (Å²) in [5.41, 5.74) is 3.43. The summed E-state index contributed by atoms with van der Waals surface area (Å²) in [5, 5.41) is 5.15. The van der Waals surface area contributed by atoms with Gasteiger partial charge in [0.15, 0.2) is 5.78 Å². The molecule has 0 radical (unpaired) electrons. The van der Waals surface area contributed by atoms with Crippen LogP contribution in [0.5, 0.6) is 0 Å². The molecule has 0 aliphatic heterocycles. The van der Waals surface area contributed by atoms with Crippen LogP contribution in [-0.2, 0) is 13.5 Å². The SMILES string of the molecule is Cc1nn(C)c(C)c1CC(=O)c1ccc(Cl)c(Cl)c1. The average molecular weight is 297 g/mol. The fourth-order valence-corrected chi connectivity index (χ4v) is 2.30. The number of hydrogen-bond acceptors (Lipinski definition) is 2. The first-order valence-corrected chi connectivity index (χ1v) is 6.63. The Morgan fingerprint density at radius 1 is 1.26 bits per heavy atom. The summed E-state index contributed by atoms with van der Waals surface area (Å²) in [7, 11) is 1.87. The van der Waals surface area contributed by atoms with E-state index in [1.165, 1.54) is 0 Å². The number of halogens is 2. The highest BCUT2D eigenvalue weighted by Crippen LogP contribution is 2.24. The fraction of sp³-hybridized carbons (Fsp3) is 0.286. The van der Waals surface area contributed by atoms with Gasteiger partial charge in [-0.05, 0) is 32.0 Å². The Hall–Kier alpha value is -1.32. The van der Waals surface area contributed by atoms with E-state index in [9.17, 15) is 4.79 Å². The number of ketones is 1. The van der Waals surface area contributed by atoms with E-state index in [0.29, 0.717) is 22.0 Å². The van der Waals surface area contributed by atoms with Gasteiger partial charge in [-0.15, -0.1) is 0 Å². The van der Waals surface area contributed by atoms with E-state index in [2.05, 4.69) is 5.10 Å². The van der Waals surface area contributed by atoms with Crippen molar-refractivity contribution >= 4 is 29.0 Å². The van der Waals surface area contributed by atoms with Gasteiger partial charge in [0.25, 0.3) is 0 Å². The lowest BCUT2D eigenvalue weighted by Crippen LogP contribution is -2.05. The lowest BCUT2D eigenvalue weighted by molar-refractivity contribution is 0.0992. The summed E-state index contributed by atoms with van der Waals surface area (Å²) in [6, 6.07) is 4.94. The van der Waals surface area contributed by atoms with Crippen molar-refractivity contribution in [3.05, 3.63) is 50.8 Å². The number of benzene rings is 1. The summed E-state index contributed by atoms with van der Waals surface area (Å²) >= 11 is 11.8. The molecule has 0 amide bonds. The third-order valence-electron chi connectivity index (χ3n) is 3.24. The van der Waals surface area contributed by atoms with Gasteiger partial charge in [-0.3, -0.25) is 9.48 Å². The fourth-order valence-electron chi connectivity index (χ4n) is 2.01. The van der Waals surface area contributed by atoms with Crippen molar-refractivity contribution in [3.8, 4) is 0 Å². The molecule has 2 aromatic rings.